The number of hydrogen-bond acceptors (Lipinski definition) is 3. The summed E-state index contributed by atoms with van der Waals surface area (Å²) in [6.07, 6.45) is 1.35. The van der Waals surface area contributed by atoms with Gasteiger partial charge in [0.1, 0.15) is 5.82 Å². The van der Waals surface area contributed by atoms with E-state index in [9.17, 15) is 13.2 Å². The van der Waals surface area contributed by atoms with Gasteiger partial charge >= 0.3 is 6.18 Å². The Labute approximate surface area is 168 Å². The van der Waals surface area contributed by atoms with Crippen LogP contribution in [0.5, 0.6) is 0 Å². The van der Waals surface area contributed by atoms with Gasteiger partial charge in [0.15, 0.2) is 5.82 Å². The Balaban J connectivity index is 1.75. The molecule has 1 fully saturated rings. The van der Waals surface area contributed by atoms with Crippen molar-refractivity contribution in [3.8, 4) is 22.6 Å². The Hall–Kier alpha value is -2.89. The molecule has 2 aromatic carbocycles. The second kappa shape index (κ2) is 8.23. The van der Waals surface area contributed by atoms with Gasteiger partial charge in [-0.25, -0.2) is 9.97 Å². The number of alkyl halides is 3. The quantitative estimate of drug-likeness (QED) is 0.541. The molecule has 1 aromatic heterocycles. The number of halogens is 3. The van der Waals surface area contributed by atoms with E-state index in [1.807, 2.05) is 30.3 Å². The molecule has 1 saturated carbocycles. The summed E-state index contributed by atoms with van der Waals surface area (Å²) in [6.45, 7) is 0. The van der Waals surface area contributed by atoms with Crippen LogP contribution in [0.4, 0.5) is 19.0 Å². The number of benzene rings is 2. The average molecular weight is 397 g/mol. The molecule has 3 nitrogen and oxygen atoms in total. The second-order valence-electron chi connectivity index (χ2n) is 7.39. The van der Waals surface area contributed by atoms with Crippen molar-refractivity contribution in [2.24, 2.45) is 0 Å². The Morgan fingerprint density at radius 1 is 0.793 bits per heavy atom. The highest BCUT2D eigenvalue weighted by Gasteiger charge is 2.30. The molecule has 0 radical (unpaired) electrons. The van der Waals surface area contributed by atoms with Crippen molar-refractivity contribution >= 4 is 5.82 Å². The molecular formula is C23H22F3N3. The highest BCUT2D eigenvalue weighted by atomic mass is 19.4. The van der Waals surface area contributed by atoms with Crippen LogP contribution in [0, 0.1) is 0 Å². The van der Waals surface area contributed by atoms with Gasteiger partial charge in [-0.3, -0.25) is 0 Å². The minimum atomic E-state index is -4.39. The van der Waals surface area contributed by atoms with Crippen LogP contribution in [0.25, 0.3) is 22.6 Å². The zero-order valence-corrected chi connectivity index (χ0v) is 15.9. The fourth-order valence-electron chi connectivity index (χ4n) is 3.70. The molecule has 3 aromatic rings. The lowest BCUT2D eigenvalue weighted by Gasteiger charge is -2.23. The van der Waals surface area contributed by atoms with Gasteiger partial charge in [-0.15, -0.1) is 0 Å². The molecule has 0 saturated heterocycles. The maximum absolute atomic E-state index is 13.2. The monoisotopic (exact) mass is 397 g/mol. The van der Waals surface area contributed by atoms with Crippen LogP contribution >= 0.6 is 0 Å². The van der Waals surface area contributed by atoms with Gasteiger partial charge in [-0.2, -0.15) is 13.2 Å². The molecule has 1 aliphatic carbocycles. The van der Waals surface area contributed by atoms with Crippen molar-refractivity contribution in [3.05, 3.63) is 66.2 Å². The van der Waals surface area contributed by atoms with E-state index in [1.165, 1.54) is 25.3 Å². The van der Waals surface area contributed by atoms with Gasteiger partial charge in [-0.05, 0) is 25.0 Å². The van der Waals surface area contributed by atoms with Crippen LogP contribution in [0.2, 0.25) is 0 Å². The molecule has 4 rings (SSSR count). The maximum Gasteiger partial charge on any atom is 0.416 e. The largest absolute Gasteiger partial charge is 0.416 e. The molecule has 0 unspecified atom stereocenters. The second-order valence-corrected chi connectivity index (χ2v) is 7.39. The van der Waals surface area contributed by atoms with Gasteiger partial charge in [0.05, 0.1) is 11.3 Å². The Morgan fingerprint density at radius 3 is 2.24 bits per heavy atom. The molecule has 0 aliphatic heterocycles. The first-order valence-corrected chi connectivity index (χ1v) is 9.88. The zero-order chi connectivity index (χ0) is 20.3. The molecule has 29 heavy (non-hydrogen) atoms. The third-order valence-corrected chi connectivity index (χ3v) is 5.20. The SMILES string of the molecule is FC(F)(F)c1cccc(-c2cc(NC3CCCCC3)nc(-c3ccccc3)n2)c1. The number of nitrogens with zero attached hydrogens (tertiary/aromatic N) is 2. The van der Waals surface area contributed by atoms with Crippen molar-refractivity contribution in [1.29, 1.82) is 0 Å². The molecule has 1 heterocycles. The number of rotatable bonds is 4. The first-order chi connectivity index (χ1) is 14.0. The summed E-state index contributed by atoms with van der Waals surface area (Å²) in [6, 6.07) is 16.8. The Kier molecular flexibility index (Phi) is 5.51. The number of aromatic nitrogens is 2. The highest BCUT2D eigenvalue weighted by molar-refractivity contribution is 5.68. The number of anilines is 1. The van der Waals surface area contributed by atoms with E-state index in [2.05, 4.69) is 15.3 Å². The lowest BCUT2D eigenvalue weighted by molar-refractivity contribution is -0.137. The van der Waals surface area contributed by atoms with E-state index in [1.54, 1.807) is 12.1 Å². The van der Waals surface area contributed by atoms with E-state index in [4.69, 9.17) is 0 Å². The molecule has 1 N–H and O–H groups in total. The average Bonchev–Trinajstić information content (AvgIpc) is 2.74. The van der Waals surface area contributed by atoms with Crippen LogP contribution in [-0.4, -0.2) is 16.0 Å². The summed E-state index contributed by atoms with van der Waals surface area (Å²) >= 11 is 0. The summed E-state index contributed by atoms with van der Waals surface area (Å²) in [7, 11) is 0. The fraction of sp³-hybridized carbons (Fsp3) is 0.304. The van der Waals surface area contributed by atoms with Gasteiger partial charge in [0.2, 0.25) is 0 Å². The molecule has 0 spiro atoms. The minimum Gasteiger partial charge on any atom is -0.367 e. The van der Waals surface area contributed by atoms with Crippen LogP contribution < -0.4 is 5.32 Å². The molecular weight excluding hydrogens is 375 g/mol. The minimum absolute atomic E-state index is 0.330. The van der Waals surface area contributed by atoms with Crippen molar-refractivity contribution in [2.45, 2.75) is 44.3 Å². The summed E-state index contributed by atoms with van der Waals surface area (Å²) in [4.78, 5) is 9.22. The summed E-state index contributed by atoms with van der Waals surface area (Å²) in [5, 5.41) is 3.47. The van der Waals surface area contributed by atoms with Gasteiger partial charge < -0.3 is 5.32 Å². The Bertz CT molecular complexity index is 965. The van der Waals surface area contributed by atoms with Gasteiger partial charge in [0, 0.05) is 23.2 Å². The number of hydrogen-bond donors (Lipinski definition) is 1. The fourth-order valence-corrected chi connectivity index (χ4v) is 3.70. The zero-order valence-electron chi connectivity index (χ0n) is 15.9. The summed E-state index contributed by atoms with van der Waals surface area (Å²) in [5.74, 6) is 1.15. The lowest BCUT2D eigenvalue weighted by atomic mass is 9.95. The van der Waals surface area contributed by atoms with E-state index < -0.39 is 11.7 Å². The third-order valence-electron chi connectivity index (χ3n) is 5.20. The molecule has 0 atom stereocenters. The van der Waals surface area contributed by atoms with Crippen LogP contribution in [0.3, 0.4) is 0 Å². The first-order valence-electron chi connectivity index (χ1n) is 9.88. The van der Waals surface area contributed by atoms with Gasteiger partial charge in [-0.1, -0.05) is 61.7 Å². The molecule has 0 bridgehead atoms. The highest BCUT2D eigenvalue weighted by Crippen LogP contribution is 2.33. The van der Waals surface area contributed by atoms with E-state index >= 15 is 0 Å². The molecule has 0 amide bonds. The standard InChI is InChI=1S/C23H22F3N3/c24-23(25,26)18-11-7-10-17(14-18)20-15-21(27-19-12-5-2-6-13-19)29-22(28-20)16-8-3-1-4-9-16/h1,3-4,7-11,14-15,19H,2,5-6,12-13H2,(H,27,28,29). The normalized spacial score (nSPS) is 15.3. The first kappa shape index (κ1) is 19.4. The summed E-state index contributed by atoms with van der Waals surface area (Å²) < 4.78 is 39.5. The van der Waals surface area contributed by atoms with Crippen molar-refractivity contribution < 1.29 is 13.2 Å². The predicted molar refractivity (Wildman–Crippen MR) is 108 cm³/mol. The summed E-state index contributed by atoms with van der Waals surface area (Å²) in [5.41, 5.74) is 1.04. The van der Waals surface area contributed by atoms with E-state index in [0.717, 1.165) is 30.5 Å². The maximum atomic E-state index is 13.2. The van der Waals surface area contributed by atoms with Crippen LogP contribution in [0.15, 0.2) is 60.7 Å². The number of nitrogens with one attached hydrogen (secondary N) is 1. The van der Waals surface area contributed by atoms with Crippen LogP contribution in [-0.2, 0) is 6.18 Å². The topological polar surface area (TPSA) is 37.8 Å². The van der Waals surface area contributed by atoms with Gasteiger partial charge in [0.25, 0.3) is 0 Å². The van der Waals surface area contributed by atoms with Crippen molar-refractivity contribution in [2.75, 3.05) is 5.32 Å². The van der Waals surface area contributed by atoms with Crippen molar-refractivity contribution in [3.63, 3.8) is 0 Å². The van der Waals surface area contributed by atoms with Crippen LogP contribution in [0.1, 0.15) is 37.7 Å². The smallest absolute Gasteiger partial charge is 0.367 e. The Morgan fingerprint density at radius 2 is 1.52 bits per heavy atom. The molecule has 1 aliphatic rings. The van der Waals surface area contributed by atoms with Crippen molar-refractivity contribution in [1.82, 2.24) is 9.97 Å². The molecule has 150 valence electrons. The lowest BCUT2D eigenvalue weighted by Crippen LogP contribution is -2.23. The molecule has 6 heteroatoms. The third kappa shape index (κ3) is 4.75. The van der Waals surface area contributed by atoms with E-state index in [-0.39, 0.29) is 0 Å². The predicted octanol–water partition coefficient (Wildman–Crippen LogP) is 6.57. The van der Waals surface area contributed by atoms with E-state index in [0.29, 0.717) is 28.9 Å².